The van der Waals surface area contributed by atoms with Gasteiger partial charge in [0.1, 0.15) is 5.75 Å². The smallest absolute Gasteiger partial charge is 0.119 e. The summed E-state index contributed by atoms with van der Waals surface area (Å²) in [4.78, 5) is 4.70. The van der Waals surface area contributed by atoms with E-state index in [4.69, 9.17) is 32.9 Å². The van der Waals surface area contributed by atoms with Crippen LogP contribution in [-0.4, -0.2) is 12.1 Å². The number of hydrogen-bond donors (Lipinski definition) is 0. The number of ether oxygens (including phenoxy) is 1. The molecule has 0 aliphatic heterocycles. The predicted octanol–water partition coefficient (Wildman–Crippen LogP) is 5.53. The number of methoxy groups -OCH3 is 1. The first-order valence-electron chi connectivity index (χ1n) is 6.49. The van der Waals surface area contributed by atoms with Crippen LogP contribution in [0.1, 0.15) is 5.56 Å². The van der Waals surface area contributed by atoms with Crippen molar-refractivity contribution in [2.75, 3.05) is 7.11 Å². The number of fused-ring (bicyclic) bond motifs is 1. The van der Waals surface area contributed by atoms with Crippen molar-refractivity contribution in [1.82, 2.24) is 4.98 Å². The molecule has 3 aromatic rings. The summed E-state index contributed by atoms with van der Waals surface area (Å²) in [5.41, 5.74) is 3.89. The maximum atomic E-state index is 6.09. The first-order chi connectivity index (χ1) is 10.1. The highest BCUT2D eigenvalue weighted by molar-refractivity contribution is 6.42. The van der Waals surface area contributed by atoms with E-state index in [0.717, 1.165) is 33.5 Å². The summed E-state index contributed by atoms with van der Waals surface area (Å²) >= 11 is 12.0. The minimum atomic E-state index is 0.531. The molecule has 0 aliphatic rings. The van der Waals surface area contributed by atoms with Gasteiger partial charge in [0, 0.05) is 10.9 Å². The van der Waals surface area contributed by atoms with E-state index >= 15 is 0 Å². The molecule has 0 bridgehead atoms. The quantitative estimate of drug-likeness (QED) is 0.620. The fourth-order valence-electron chi connectivity index (χ4n) is 2.30. The van der Waals surface area contributed by atoms with Crippen molar-refractivity contribution in [2.45, 2.75) is 6.92 Å². The molecule has 2 nitrogen and oxygen atoms in total. The average molecular weight is 318 g/mol. The Bertz CT molecular complexity index is 830. The van der Waals surface area contributed by atoms with Crippen LogP contribution in [0.15, 0.2) is 42.5 Å². The van der Waals surface area contributed by atoms with E-state index in [1.54, 1.807) is 13.2 Å². The molecule has 0 fully saturated rings. The highest BCUT2D eigenvalue weighted by Gasteiger charge is 2.08. The van der Waals surface area contributed by atoms with Crippen LogP contribution in [0.4, 0.5) is 0 Å². The molecule has 0 atom stereocenters. The summed E-state index contributed by atoms with van der Waals surface area (Å²) in [6, 6.07) is 13.5. The van der Waals surface area contributed by atoms with Crippen LogP contribution in [0.3, 0.4) is 0 Å². The molecule has 1 aromatic heterocycles. The van der Waals surface area contributed by atoms with Gasteiger partial charge in [0.15, 0.2) is 0 Å². The van der Waals surface area contributed by atoms with Crippen LogP contribution >= 0.6 is 23.2 Å². The average Bonchev–Trinajstić information content (AvgIpc) is 2.49. The Morgan fingerprint density at radius 2 is 1.76 bits per heavy atom. The Kier molecular flexibility index (Phi) is 3.75. The van der Waals surface area contributed by atoms with Crippen molar-refractivity contribution >= 4 is 34.1 Å². The lowest BCUT2D eigenvalue weighted by Gasteiger charge is -2.09. The second-order valence-corrected chi connectivity index (χ2v) is 5.65. The van der Waals surface area contributed by atoms with Crippen molar-refractivity contribution in [1.29, 1.82) is 0 Å². The van der Waals surface area contributed by atoms with E-state index in [9.17, 15) is 0 Å². The summed E-state index contributed by atoms with van der Waals surface area (Å²) in [5.74, 6) is 0.828. The normalized spacial score (nSPS) is 10.9. The van der Waals surface area contributed by atoms with Crippen molar-refractivity contribution in [3.8, 4) is 17.0 Å². The second-order valence-electron chi connectivity index (χ2n) is 4.84. The number of aromatic nitrogens is 1. The van der Waals surface area contributed by atoms with Crippen LogP contribution in [0.25, 0.3) is 22.2 Å². The highest BCUT2D eigenvalue weighted by Crippen LogP contribution is 2.30. The third-order valence-corrected chi connectivity index (χ3v) is 4.18. The van der Waals surface area contributed by atoms with E-state index in [1.165, 1.54) is 0 Å². The summed E-state index contributed by atoms with van der Waals surface area (Å²) in [6.45, 7) is 2.06. The van der Waals surface area contributed by atoms with Gasteiger partial charge < -0.3 is 4.74 Å². The fraction of sp³-hybridized carbons (Fsp3) is 0.118. The van der Waals surface area contributed by atoms with E-state index in [-0.39, 0.29) is 0 Å². The van der Waals surface area contributed by atoms with Gasteiger partial charge in [-0.15, -0.1) is 0 Å². The zero-order valence-corrected chi connectivity index (χ0v) is 13.2. The molecule has 4 heteroatoms. The van der Waals surface area contributed by atoms with Crippen LogP contribution in [0.5, 0.6) is 5.75 Å². The van der Waals surface area contributed by atoms with Gasteiger partial charge in [0.2, 0.25) is 0 Å². The Morgan fingerprint density at radius 3 is 2.48 bits per heavy atom. The van der Waals surface area contributed by atoms with Gasteiger partial charge in [-0.05, 0) is 48.9 Å². The number of aryl methyl sites for hydroxylation is 1. The third-order valence-electron chi connectivity index (χ3n) is 3.44. The van der Waals surface area contributed by atoms with E-state index in [2.05, 4.69) is 6.92 Å². The third kappa shape index (κ3) is 2.69. The molecular weight excluding hydrogens is 305 g/mol. The molecular formula is C17H13Cl2NO. The van der Waals surface area contributed by atoms with E-state index < -0.39 is 0 Å². The first-order valence-corrected chi connectivity index (χ1v) is 7.25. The molecule has 3 rings (SSSR count). The molecule has 106 valence electrons. The van der Waals surface area contributed by atoms with Gasteiger partial charge in [-0.2, -0.15) is 0 Å². The van der Waals surface area contributed by atoms with Gasteiger partial charge in [-0.1, -0.05) is 29.3 Å². The van der Waals surface area contributed by atoms with Crippen LogP contribution in [0.2, 0.25) is 10.0 Å². The number of benzene rings is 2. The van der Waals surface area contributed by atoms with Crippen LogP contribution in [-0.2, 0) is 0 Å². The van der Waals surface area contributed by atoms with Crippen molar-refractivity contribution in [2.24, 2.45) is 0 Å². The molecule has 0 N–H and O–H groups in total. The van der Waals surface area contributed by atoms with Crippen LogP contribution in [0, 0.1) is 6.92 Å². The maximum absolute atomic E-state index is 6.09. The van der Waals surface area contributed by atoms with Gasteiger partial charge in [-0.25, -0.2) is 4.98 Å². The second kappa shape index (κ2) is 5.55. The molecule has 0 radical (unpaired) electrons. The Labute approximate surface area is 133 Å². The zero-order valence-electron chi connectivity index (χ0n) is 11.7. The number of hydrogen-bond acceptors (Lipinski definition) is 2. The number of pyridine rings is 1. The van der Waals surface area contributed by atoms with Gasteiger partial charge >= 0.3 is 0 Å². The minimum absolute atomic E-state index is 0.531. The standard InChI is InChI=1S/C17H13Cl2NO/c1-10-7-17(11-3-5-14(18)15(19)8-11)20-16-6-4-12(21-2)9-13(10)16/h3-9H,1-2H3. The summed E-state index contributed by atoms with van der Waals surface area (Å²) in [5, 5.41) is 2.16. The van der Waals surface area contributed by atoms with Crippen molar-refractivity contribution in [3.05, 3.63) is 58.1 Å². The highest BCUT2D eigenvalue weighted by atomic mass is 35.5. The van der Waals surface area contributed by atoms with Crippen molar-refractivity contribution < 1.29 is 4.74 Å². The lowest BCUT2D eigenvalue weighted by molar-refractivity contribution is 0.415. The van der Waals surface area contributed by atoms with Crippen LogP contribution < -0.4 is 4.74 Å². The SMILES string of the molecule is COc1ccc2nc(-c3ccc(Cl)c(Cl)c3)cc(C)c2c1. The van der Waals surface area contributed by atoms with Crippen molar-refractivity contribution in [3.63, 3.8) is 0 Å². The minimum Gasteiger partial charge on any atom is -0.497 e. The zero-order chi connectivity index (χ0) is 15.0. The number of rotatable bonds is 2. The number of halogens is 2. The van der Waals surface area contributed by atoms with Gasteiger partial charge in [0.25, 0.3) is 0 Å². The molecule has 21 heavy (non-hydrogen) atoms. The Morgan fingerprint density at radius 1 is 0.952 bits per heavy atom. The molecule has 0 spiro atoms. The fourth-order valence-corrected chi connectivity index (χ4v) is 2.60. The Balaban J connectivity index is 2.18. The molecule has 0 amide bonds. The predicted molar refractivity (Wildman–Crippen MR) is 88.5 cm³/mol. The topological polar surface area (TPSA) is 22.1 Å². The molecule has 1 heterocycles. The van der Waals surface area contributed by atoms with Gasteiger partial charge in [0.05, 0.1) is 28.4 Å². The number of nitrogens with zero attached hydrogens (tertiary/aromatic N) is 1. The van der Waals surface area contributed by atoms with Gasteiger partial charge in [-0.3, -0.25) is 0 Å². The lowest BCUT2D eigenvalue weighted by Crippen LogP contribution is -1.90. The van der Waals surface area contributed by atoms with E-state index in [1.807, 2.05) is 36.4 Å². The summed E-state index contributed by atoms with van der Waals surface area (Å²) < 4.78 is 5.26. The molecule has 0 unspecified atom stereocenters. The first kappa shape index (κ1) is 14.2. The molecule has 0 saturated carbocycles. The summed E-state index contributed by atoms with van der Waals surface area (Å²) in [7, 11) is 1.66. The molecule has 0 aliphatic carbocycles. The monoisotopic (exact) mass is 317 g/mol. The Hall–Kier alpha value is -1.77. The summed E-state index contributed by atoms with van der Waals surface area (Å²) in [6.07, 6.45) is 0. The molecule has 2 aromatic carbocycles. The maximum Gasteiger partial charge on any atom is 0.119 e. The van der Waals surface area contributed by atoms with E-state index in [0.29, 0.717) is 10.0 Å². The largest absolute Gasteiger partial charge is 0.497 e. The lowest BCUT2D eigenvalue weighted by atomic mass is 10.0. The molecule has 0 saturated heterocycles.